The highest BCUT2D eigenvalue weighted by Crippen LogP contribution is 2.48. The molecule has 2 aromatic carbocycles. The van der Waals surface area contributed by atoms with E-state index in [0.29, 0.717) is 23.9 Å². The van der Waals surface area contributed by atoms with Crippen LogP contribution in [0, 0.1) is 29.8 Å². The van der Waals surface area contributed by atoms with Crippen molar-refractivity contribution in [2.75, 3.05) is 6.67 Å². The molecule has 0 amide bonds. The van der Waals surface area contributed by atoms with Gasteiger partial charge in [0.1, 0.15) is 35.4 Å². The number of carboxylic acid groups (broad SMARTS) is 1. The van der Waals surface area contributed by atoms with Crippen molar-refractivity contribution in [3.05, 3.63) is 106 Å². The summed E-state index contributed by atoms with van der Waals surface area (Å²) in [7, 11) is 0. The predicted molar refractivity (Wildman–Crippen MR) is 150 cm³/mol. The fourth-order valence-corrected chi connectivity index (χ4v) is 4.97. The monoisotopic (exact) mass is 590 g/mol. The van der Waals surface area contributed by atoms with Gasteiger partial charge < -0.3 is 14.4 Å². The smallest absolute Gasteiger partial charge is 0.354 e. The number of pyridine rings is 2. The molecule has 1 fully saturated rings. The topological polar surface area (TPSA) is 90.1 Å². The van der Waals surface area contributed by atoms with Crippen LogP contribution in [0.5, 0.6) is 5.88 Å². The summed E-state index contributed by atoms with van der Waals surface area (Å²) in [6.45, 7) is 1.29. The van der Waals surface area contributed by atoms with Gasteiger partial charge in [-0.25, -0.2) is 32.9 Å². The Morgan fingerprint density at radius 2 is 1.74 bits per heavy atom. The summed E-state index contributed by atoms with van der Waals surface area (Å²) >= 11 is 0. The molecule has 0 aliphatic heterocycles. The normalized spacial score (nSPS) is 13.8. The number of hydrogen-bond donors (Lipinski definition) is 1. The van der Waals surface area contributed by atoms with Crippen molar-refractivity contribution < 1.29 is 32.2 Å². The molecule has 0 atom stereocenters. The highest BCUT2D eigenvalue weighted by Gasteiger charge is 2.44. The summed E-state index contributed by atoms with van der Waals surface area (Å²) in [4.78, 5) is 24.5. The van der Waals surface area contributed by atoms with Crippen molar-refractivity contribution in [2.24, 2.45) is 5.41 Å². The molecular weight excluding hydrogens is 564 g/mol. The van der Waals surface area contributed by atoms with Crippen molar-refractivity contribution >= 4 is 17.1 Å². The van der Waals surface area contributed by atoms with Gasteiger partial charge in [-0.3, -0.25) is 4.39 Å². The molecule has 1 aliphatic carbocycles. The zero-order valence-corrected chi connectivity index (χ0v) is 23.1. The van der Waals surface area contributed by atoms with Crippen LogP contribution in [0.1, 0.15) is 45.8 Å². The number of carboxylic acids is 1. The maximum absolute atomic E-state index is 15.5. The Labute approximate surface area is 243 Å². The van der Waals surface area contributed by atoms with Crippen LogP contribution in [-0.4, -0.2) is 37.3 Å². The molecule has 0 unspecified atom stereocenters. The van der Waals surface area contributed by atoms with Crippen molar-refractivity contribution in [1.82, 2.24) is 19.5 Å². The highest BCUT2D eigenvalue weighted by atomic mass is 19.1. The third kappa shape index (κ3) is 5.79. The lowest BCUT2D eigenvalue weighted by Gasteiger charge is -2.15. The minimum absolute atomic E-state index is 0.0717. The van der Waals surface area contributed by atoms with E-state index in [9.17, 15) is 18.7 Å². The maximum Gasteiger partial charge on any atom is 0.354 e. The summed E-state index contributed by atoms with van der Waals surface area (Å²) in [6, 6.07) is 14.6. The SMILES string of the molecule is Cc1ccc(COc2cccc(-c3cc(F)c(Cc4nc5ccc(C(=O)O)nc5n4CC4(CF)CC4)c(F)c3)n2)c(F)c1. The number of fused-ring (bicyclic) bond motifs is 1. The molecule has 220 valence electrons. The summed E-state index contributed by atoms with van der Waals surface area (Å²) in [5.41, 5.74) is 1.01. The first-order chi connectivity index (χ1) is 20.6. The zero-order chi connectivity index (χ0) is 30.3. The van der Waals surface area contributed by atoms with E-state index >= 15 is 8.78 Å². The van der Waals surface area contributed by atoms with E-state index in [1.54, 1.807) is 41.8 Å². The number of imidazole rings is 1. The second-order valence-corrected chi connectivity index (χ2v) is 10.9. The van der Waals surface area contributed by atoms with E-state index in [2.05, 4.69) is 15.0 Å². The molecule has 3 heterocycles. The number of aromatic carboxylic acids is 1. The second-order valence-electron chi connectivity index (χ2n) is 10.9. The molecule has 43 heavy (non-hydrogen) atoms. The molecule has 0 spiro atoms. The average molecular weight is 591 g/mol. The van der Waals surface area contributed by atoms with Crippen LogP contribution in [0.25, 0.3) is 22.4 Å². The molecule has 6 rings (SSSR count). The lowest BCUT2D eigenvalue weighted by atomic mass is 10.0. The van der Waals surface area contributed by atoms with Gasteiger partial charge in [0.2, 0.25) is 5.88 Å². The Hall–Kier alpha value is -4.80. The van der Waals surface area contributed by atoms with E-state index in [-0.39, 0.29) is 59.4 Å². The van der Waals surface area contributed by atoms with E-state index in [4.69, 9.17) is 4.74 Å². The number of alkyl halides is 1. The molecule has 0 radical (unpaired) electrons. The van der Waals surface area contributed by atoms with Crippen molar-refractivity contribution in [2.45, 2.75) is 39.3 Å². The van der Waals surface area contributed by atoms with Gasteiger partial charge in [-0.15, -0.1) is 0 Å². The van der Waals surface area contributed by atoms with Gasteiger partial charge in [-0.05, 0) is 61.7 Å². The average Bonchev–Trinajstić information content (AvgIpc) is 3.69. The van der Waals surface area contributed by atoms with Gasteiger partial charge in [-0.1, -0.05) is 18.2 Å². The number of aromatic nitrogens is 4. The Kier molecular flexibility index (Phi) is 7.33. The van der Waals surface area contributed by atoms with Gasteiger partial charge in [0.25, 0.3) is 0 Å². The summed E-state index contributed by atoms with van der Waals surface area (Å²) < 4.78 is 66.2. The third-order valence-corrected chi connectivity index (χ3v) is 7.70. The van der Waals surface area contributed by atoms with Gasteiger partial charge in [0.15, 0.2) is 11.3 Å². The van der Waals surface area contributed by atoms with Gasteiger partial charge in [0, 0.05) is 41.1 Å². The van der Waals surface area contributed by atoms with Gasteiger partial charge >= 0.3 is 5.97 Å². The fraction of sp³-hybridized carbons (Fsp3) is 0.250. The largest absolute Gasteiger partial charge is 0.477 e. The first-order valence-electron chi connectivity index (χ1n) is 13.6. The molecule has 1 N–H and O–H groups in total. The minimum Gasteiger partial charge on any atom is -0.477 e. The van der Waals surface area contributed by atoms with Crippen LogP contribution in [0.4, 0.5) is 17.6 Å². The first-order valence-corrected chi connectivity index (χ1v) is 13.6. The molecule has 7 nitrogen and oxygen atoms in total. The van der Waals surface area contributed by atoms with Crippen LogP contribution < -0.4 is 4.74 Å². The van der Waals surface area contributed by atoms with Crippen molar-refractivity contribution in [3.63, 3.8) is 0 Å². The lowest BCUT2D eigenvalue weighted by Crippen LogP contribution is -2.17. The summed E-state index contributed by atoms with van der Waals surface area (Å²) in [6.07, 6.45) is 1.00. The number of nitrogens with zero attached hydrogens (tertiary/aromatic N) is 4. The third-order valence-electron chi connectivity index (χ3n) is 7.70. The van der Waals surface area contributed by atoms with Crippen LogP contribution >= 0.6 is 0 Å². The van der Waals surface area contributed by atoms with E-state index < -0.39 is 35.5 Å². The number of halogens is 4. The lowest BCUT2D eigenvalue weighted by molar-refractivity contribution is 0.0690. The molecule has 1 aliphatic rings. The Morgan fingerprint density at radius 1 is 0.977 bits per heavy atom. The fourth-order valence-electron chi connectivity index (χ4n) is 4.97. The summed E-state index contributed by atoms with van der Waals surface area (Å²) in [5, 5.41) is 9.40. The van der Waals surface area contributed by atoms with E-state index in [1.807, 2.05) is 0 Å². The Morgan fingerprint density at radius 3 is 2.42 bits per heavy atom. The second kappa shape index (κ2) is 11.1. The molecule has 0 saturated heterocycles. The number of aryl methyl sites for hydroxylation is 1. The number of rotatable bonds is 10. The van der Waals surface area contributed by atoms with Crippen LogP contribution in [0.15, 0.2) is 60.7 Å². The first kappa shape index (κ1) is 28.3. The number of carbonyl (C=O) groups is 1. The Bertz CT molecular complexity index is 1850. The molecular formula is C32H26F4N4O3. The molecule has 5 aromatic rings. The van der Waals surface area contributed by atoms with Crippen LogP contribution in [0.2, 0.25) is 0 Å². The maximum atomic E-state index is 15.5. The number of ether oxygens (including phenoxy) is 1. The van der Waals surface area contributed by atoms with Crippen LogP contribution in [-0.2, 0) is 19.6 Å². The standard InChI is InChI=1S/C32H26F4N4O3/c1-18-5-6-19(22(34)11-18)15-43-29-4-2-3-25(38-29)20-12-23(35)21(24(36)13-20)14-28-37-26-7-8-27(31(41)42)39-30(26)40(28)17-32(16-33)9-10-32/h2-8,11-13H,9-10,14-17H2,1H3,(H,41,42). The Balaban J connectivity index is 1.28. The minimum atomic E-state index is -1.24. The molecule has 1 saturated carbocycles. The number of hydrogen-bond acceptors (Lipinski definition) is 5. The van der Waals surface area contributed by atoms with Crippen molar-refractivity contribution in [3.8, 4) is 17.1 Å². The summed E-state index contributed by atoms with van der Waals surface area (Å²) in [5.74, 6) is -2.91. The highest BCUT2D eigenvalue weighted by molar-refractivity contribution is 5.88. The molecule has 0 bridgehead atoms. The molecule has 11 heteroatoms. The van der Waals surface area contributed by atoms with E-state index in [0.717, 1.165) is 17.7 Å². The molecule has 3 aromatic heterocycles. The van der Waals surface area contributed by atoms with Gasteiger partial charge in [-0.2, -0.15) is 0 Å². The zero-order valence-electron chi connectivity index (χ0n) is 23.1. The quantitative estimate of drug-likeness (QED) is 0.179. The van der Waals surface area contributed by atoms with Crippen LogP contribution in [0.3, 0.4) is 0 Å². The van der Waals surface area contributed by atoms with Crippen molar-refractivity contribution in [1.29, 1.82) is 0 Å². The van der Waals surface area contributed by atoms with E-state index in [1.165, 1.54) is 18.2 Å². The predicted octanol–water partition coefficient (Wildman–Crippen LogP) is 6.84. The van der Waals surface area contributed by atoms with Gasteiger partial charge in [0.05, 0.1) is 12.4 Å². The number of benzene rings is 2.